The van der Waals surface area contributed by atoms with E-state index in [0.29, 0.717) is 21.2 Å². The lowest BCUT2D eigenvalue weighted by atomic mass is 10.2. The Bertz CT molecular complexity index is 971. The molecule has 0 radical (unpaired) electrons. The maximum Gasteiger partial charge on any atom is 0.357 e. The lowest BCUT2D eigenvalue weighted by Crippen LogP contribution is -2.30. The summed E-state index contributed by atoms with van der Waals surface area (Å²) in [6, 6.07) is 15.4. The third-order valence-corrected chi connectivity index (χ3v) is 4.03. The van der Waals surface area contributed by atoms with E-state index >= 15 is 0 Å². The number of benzene rings is 2. The molecule has 1 atom stereocenters. The Labute approximate surface area is 159 Å². The standard InChI is InChI=1S/C19H14Cl2N2O3/c1-11(18(24)22-15-9-13(20)8-14(21)10-15)26-19(25)17-7-6-12-4-2-3-5-16(12)23-17/h2-11H,1H3,(H,22,24)/t11-/m1/s1. The molecular weight excluding hydrogens is 375 g/mol. The van der Waals surface area contributed by atoms with E-state index in [1.54, 1.807) is 36.4 Å². The number of halogens is 2. The second-order valence-electron chi connectivity index (χ2n) is 5.58. The van der Waals surface area contributed by atoms with Crippen LogP contribution in [0.4, 0.5) is 5.69 Å². The van der Waals surface area contributed by atoms with Gasteiger partial charge >= 0.3 is 5.97 Å². The number of nitrogens with zero attached hydrogens (tertiary/aromatic N) is 1. The molecule has 0 saturated heterocycles. The number of hydrogen-bond acceptors (Lipinski definition) is 4. The molecule has 7 heteroatoms. The zero-order valence-electron chi connectivity index (χ0n) is 13.7. The number of ether oxygens (including phenoxy) is 1. The van der Waals surface area contributed by atoms with Gasteiger partial charge in [0.1, 0.15) is 5.69 Å². The van der Waals surface area contributed by atoms with Crippen LogP contribution in [0.5, 0.6) is 0 Å². The quantitative estimate of drug-likeness (QED) is 0.656. The fourth-order valence-electron chi connectivity index (χ4n) is 2.32. The minimum absolute atomic E-state index is 0.133. The predicted octanol–water partition coefficient (Wildman–Crippen LogP) is 4.73. The number of nitrogens with one attached hydrogen (secondary N) is 1. The summed E-state index contributed by atoms with van der Waals surface area (Å²) in [4.78, 5) is 28.7. The highest BCUT2D eigenvalue weighted by Gasteiger charge is 2.20. The molecule has 132 valence electrons. The first-order chi connectivity index (χ1) is 12.4. The fraction of sp³-hybridized carbons (Fsp3) is 0.105. The van der Waals surface area contributed by atoms with Crippen molar-refractivity contribution in [2.75, 3.05) is 5.32 Å². The maximum atomic E-state index is 12.3. The van der Waals surface area contributed by atoms with E-state index < -0.39 is 18.0 Å². The lowest BCUT2D eigenvalue weighted by molar-refractivity contribution is -0.123. The second-order valence-corrected chi connectivity index (χ2v) is 6.46. The van der Waals surface area contributed by atoms with Gasteiger partial charge in [0.2, 0.25) is 0 Å². The molecule has 0 aliphatic rings. The summed E-state index contributed by atoms with van der Waals surface area (Å²) in [5.41, 5.74) is 1.22. The van der Waals surface area contributed by atoms with Crippen molar-refractivity contribution in [1.82, 2.24) is 4.98 Å². The number of carbonyl (C=O) groups excluding carboxylic acids is 2. The highest BCUT2D eigenvalue weighted by Crippen LogP contribution is 2.22. The monoisotopic (exact) mass is 388 g/mol. The van der Waals surface area contributed by atoms with Gasteiger partial charge < -0.3 is 10.1 Å². The molecule has 3 aromatic rings. The van der Waals surface area contributed by atoms with Crippen molar-refractivity contribution >= 4 is 51.7 Å². The molecule has 5 nitrogen and oxygen atoms in total. The SMILES string of the molecule is C[C@@H](OC(=O)c1ccc2ccccc2n1)C(=O)Nc1cc(Cl)cc(Cl)c1. The molecule has 1 amide bonds. The number of para-hydroxylation sites is 1. The first-order valence-corrected chi connectivity index (χ1v) is 8.52. The van der Waals surface area contributed by atoms with E-state index in [1.807, 2.05) is 18.2 Å². The number of aromatic nitrogens is 1. The Kier molecular flexibility index (Phi) is 5.40. The van der Waals surface area contributed by atoms with Gasteiger partial charge in [-0.3, -0.25) is 4.79 Å². The molecule has 0 fully saturated rings. The summed E-state index contributed by atoms with van der Waals surface area (Å²) in [5, 5.41) is 4.29. The lowest BCUT2D eigenvalue weighted by Gasteiger charge is -2.14. The smallest absolute Gasteiger partial charge is 0.357 e. The van der Waals surface area contributed by atoms with Crippen molar-refractivity contribution in [3.8, 4) is 0 Å². The summed E-state index contributed by atoms with van der Waals surface area (Å²) >= 11 is 11.8. The summed E-state index contributed by atoms with van der Waals surface area (Å²) in [5.74, 6) is -1.18. The van der Waals surface area contributed by atoms with Crippen molar-refractivity contribution in [2.45, 2.75) is 13.0 Å². The molecule has 3 rings (SSSR count). The van der Waals surface area contributed by atoms with Gasteiger partial charge in [-0.05, 0) is 37.3 Å². The van der Waals surface area contributed by atoms with E-state index in [9.17, 15) is 9.59 Å². The summed E-state index contributed by atoms with van der Waals surface area (Å²) < 4.78 is 5.20. The van der Waals surface area contributed by atoms with Gasteiger partial charge in [-0.25, -0.2) is 9.78 Å². The number of carbonyl (C=O) groups is 2. The summed E-state index contributed by atoms with van der Waals surface area (Å²) in [7, 11) is 0. The molecule has 1 heterocycles. The normalized spacial score (nSPS) is 11.8. The highest BCUT2D eigenvalue weighted by molar-refractivity contribution is 6.35. The molecular formula is C19H14Cl2N2O3. The van der Waals surface area contributed by atoms with Crippen molar-refractivity contribution in [3.63, 3.8) is 0 Å². The van der Waals surface area contributed by atoms with E-state index in [0.717, 1.165) is 5.39 Å². The molecule has 26 heavy (non-hydrogen) atoms. The van der Waals surface area contributed by atoms with Crippen LogP contribution in [0.3, 0.4) is 0 Å². The fourth-order valence-corrected chi connectivity index (χ4v) is 2.85. The maximum absolute atomic E-state index is 12.3. The van der Waals surface area contributed by atoms with Gasteiger partial charge in [0, 0.05) is 21.1 Å². The Morgan fingerprint density at radius 2 is 1.73 bits per heavy atom. The van der Waals surface area contributed by atoms with Crippen molar-refractivity contribution in [2.24, 2.45) is 0 Å². The van der Waals surface area contributed by atoms with Crippen LogP contribution in [0.25, 0.3) is 10.9 Å². The van der Waals surface area contributed by atoms with Crippen molar-refractivity contribution in [1.29, 1.82) is 0 Å². The van der Waals surface area contributed by atoms with Crippen LogP contribution in [0.1, 0.15) is 17.4 Å². The third-order valence-electron chi connectivity index (χ3n) is 3.59. The number of rotatable bonds is 4. The zero-order chi connectivity index (χ0) is 18.7. The third kappa shape index (κ3) is 4.31. The average Bonchev–Trinajstić information content (AvgIpc) is 2.60. The van der Waals surface area contributed by atoms with Gasteiger partial charge in [0.25, 0.3) is 5.91 Å². The Balaban J connectivity index is 1.68. The van der Waals surface area contributed by atoms with Gasteiger partial charge in [-0.1, -0.05) is 47.5 Å². The topological polar surface area (TPSA) is 68.3 Å². The van der Waals surface area contributed by atoms with Crippen LogP contribution in [0.2, 0.25) is 10.0 Å². The Morgan fingerprint density at radius 3 is 2.46 bits per heavy atom. The number of esters is 1. The molecule has 0 spiro atoms. The van der Waals surface area contributed by atoms with Crippen molar-refractivity contribution < 1.29 is 14.3 Å². The van der Waals surface area contributed by atoms with Gasteiger partial charge in [-0.2, -0.15) is 0 Å². The summed E-state index contributed by atoms with van der Waals surface area (Å²) in [6.07, 6.45) is -1.02. The molecule has 0 aliphatic carbocycles. The minimum Gasteiger partial charge on any atom is -0.448 e. The minimum atomic E-state index is -1.02. The number of pyridine rings is 1. The van der Waals surface area contributed by atoms with Crippen LogP contribution in [-0.4, -0.2) is 23.0 Å². The van der Waals surface area contributed by atoms with Gasteiger partial charge in [-0.15, -0.1) is 0 Å². The zero-order valence-corrected chi connectivity index (χ0v) is 15.2. The van der Waals surface area contributed by atoms with E-state index in [2.05, 4.69) is 10.3 Å². The molecule has 1 N–H and O–H groups in total. The average molecular weight is 389 g/mol. The molecule has 0 bridgehead atoms. The largest absolute Gasteiger partial charge is 0.448 e. The number of amides is 1. The van der Waals surface area contributed by atoms with Crippen LogP contribution in [0.15, 0.2) is 54.6 Å². The first-order valence-electron chi connectivity index (χ1n) is 7.76. The van der Waals surface area contributed by atoms with Crippen molar-refractivity contribution in [3.05, 3.63) is 70.3 Å². The summed E-state index contributed by atoms with van der Waals surface area (Å²) in [6.45, 7) is 1.47. The predicted molar refractivity (Wildman–Crippen MR) is 102 cm³/mol. The van der Waals surface area contributed by atoms with Crippen LogP contribution in [-0.2, 0) is 9.53 Å². The van der Waals surface area contributed by atoms with E-state index in [-0.39, 0.29) is 5.69 Å². The number of anilines is 1. The van der Waals surface area contributed by atoms with E-state index in [1.165, 1.54) is 6.92 Å². The Hall–Kier alpha value is -2.63. The van der Waals surface area contributed by atoms with Crippen LogP contribution in [0, 0.1) is 0 Å². The molecule has 2 aromatic carbocycles. The first kappa shape index (κ1) is 18.2. The number of fused-ring (bicyclic) bond motifs is 1. The second kappa shape index (κ2) is 7.72. The molecule has 0 saturated carbocycles. The Morgan fingerprint density at radius 1 is 1.04 bits per heavy atom. The van der Waals surface area contributed by atoms with Crippen LogP contribution < -0.4 is 5.32 Å². The highest BCUT2D eigenvalue weighted by atomic mass is 35.5. The molecule has 1 aromatic heterocycles. The van der Waals surface area contributed by atoms with E-state index in [4.69, 9.17) is 27.9 Å². The number of hydrogen-bond donors (Lipinski definition) is 1. The van der Waals surface area contributed by atoms with Gasteiger partial charge in [0.15, 0.2) is 6.10 Å². The van der Waals surface area contributed by atoms with Gasteiger partial charge in [0.05, 0.1) is 5.52 Å². The van der Waals surface area contributed by atoms with Crippen LogP contribution >= 0.6 is 23.2 Å². The molecule has 0 unspecified atom stereocenters. The molecule has 0 aliphatic heterocycles.